The van der Waals surface area contributed by atoms with Crippen LogP contribution in [0.5, 0.6) is 0 Å². The Morgan fingerprint density at radius 3 is 1.84 bits per heavy atom. The summed E-state index contributed by atoms with van der Waals surface area (Å²) < 4.78 is 1.80. The highest BCUT2D eigenvalue weighted by Crippen LogP contribution is 2.45. The van der Waals surface area contributed by atoms with E-state index in [9.17, 15) is 4.79 Å². The topological polar surface area (TPSA) is 20.3 Å². The molecule has 134 valence electrons. The second kappa shape index (κ2) is 7.32. The monoisotopic (exact) mass is 413 g/mol. The first kappa shape index (κ1) is 20.3. The van der Waals surface area contributed by atoms with Crippen molar-refractivity contribution in [3.05, 3.63) is 63.1 Å². The Bertz CT molecular complexity index is 779. The number of carbonyl (C=O) groups excluding carboxylic acids is 1. The smallest absolute Gasteiger partial charge is 0.251 e. The fraction of sp³-hybridized carbons (Fsp3) is 0.316. The Morgan fingerprint density at radius 2 is 1.36 bits per heavy atom. The molecule has 0 bridgehead atoms. The van der Waals surface area contributed by atoms with E-state index in [2.05, 4.69) is 33.9 Å². The van der Waals surface area contributed by atoms with Crippen LogP contribution in [0.2, 0.25) is 33.2 Å². The van der Waals surface area contributed by atoms with E-state index in [1.54, 1.807) is 47.0 Å². The molecule has 2 aromatic carbocycles. The summed E-state index contributed by atoms with van der Waals surface area (Å²) in [5.74, 6) is -0.174. The van der Waals surface area contributed by atoms with Gasteiger partial charge in [0, 0.05) is 0 Å². The van der Waals surface area contributed by atoms with E-state index in [1.807, 2.05) is 0 Å². The van der Waals surface area contributed by atoms with E-state index in [4.69, 9.17) is 34.8 Å². The van der Waals surface area contributed by atoms with Gasteiger partial charge in [-0.3, -0.25) is 4.79 Å². The van der Waals surface area contributed by atoms with Gasteiger partial charge in [-0.05, 0) is 29.3 Å². The van der Waals surface area contributed by atoms with Crippen LogP contribution in [-0.2, 0) is 0 Å². The summed E-state index contributed by atoms with van der Waals surface area (Å²) in [5.41, 5.74) is 1.01. The van der Waals surface area contributed by atoms with Gasteiger partial charge in [-0.15, -0.1) is 0 Å². The van der Waals surface area contributed by atoms with Crippen LogP contribution >= 0.6 is 34.8 Å². The van der Waals surface area contributed by atoms with E-state index < -0.39 is 8.24 Å². The zero-order chi connectivity index (χ0) is 19.0. The summed E-state index contributed by atoms with van der Waals surface area (Å²) >= 11 is 19.2. The Balaban J connectivity index is 2.75. The zero-order valence-electron chi connectivity index (χ0n) is 15.0. The van der Waals surface area contributed by atoms with Crippen molar-refractivity contribution in [2.75, 3.05) is 4.57 Å². The fourth-order valence-corrected chi connectivity index (χ4v) is 5.45. The number of amides is 1. The molecule has 0 aliphatic carbocycles. The molecule has 0 saturated carbocycles. The van der Waals surface area contributed by atoms with Crippen molar-refractivity contribution in [3.63, 3.8) is 0 Å². The normalized spacial score (nSPS) is 12.2. The van der Waals surface area contributed by atoms with Crippen LogP contribution in [0.1, 0.15) is 31.1 Å². The summed E-state index contributed by atoms with van der Waals surface area (Å²) in [7, 11) is -2.35. The predicted molar refractivity (Wildman–Crippen MR) is 112 cm³/mol. The van der Waals surface area contributed by atoms with Crippen molar-refractivity contribution in [2.24, 2.45) is 0 Å². The Kier molecular flexibility index (Phi) is 5.94. The van der Waals surface area contributed by atoms with Crippen molar-refractivity contribution < 1.29 is 4.79 Å². The molecule has 2 rings (SSSR count). The average Bonchev–Trinajstić information content (AvgIpc) is 2.49. The second-order valence-electron chi connectivity index (χ2n) is 7.50. The lowest BCUT2D eigenvalue weighted by Crippen LogP contribution is -2.58. The van der Waals surface area contributed by atoms with Gasteiger partial charge in [0.15, 0.2) is 8.24 Å². The van der Waals surface area contributed by atoms with Gasteiger partial charge in [0.2, 0.25) is 0 Å². The Morgan fingerprint density at radius 1 is 0.880 bits per heavy atom. The first-order chi connectivity index (χ1) is 11.5. The standard InChI is InChI=1S/C19H22Cl3NOSi/c1-19(2,3)25(4,5)23(17-15(21)11-8-12-16(17)22)18(24)13-9-6-7-10-14(13)20/h6-12H,1-5H3. The largest absolute Gasteiger partial charge is 0.334 e. The summed E-state index contributed by atoms with van der Waals surface area (Å²) in [5, 5.41) is 1.22. The van der Waals surface area contributed by atoms with Gasteiger partial charge in [0.05, 0.1) is 26.3 Å². The molecule has 2 nitrogen and oxygen atoms in total. The van der Waals surface area contributed by atoms with Crippen LogP contribution in [0.3, 0.4) is 0 Å². The predicted octanol–water partition coefficient (Wildman–Crippen LogP) is 7.30. The number of halogens is 3. The minimum Gasteiger partial charge on any atom is -0.334 e. The molecular weight excluding hydrogens is 393 g/mol. The number of benzene rings is 2. The summed E-state index contributed by atoms with van der Waals surface area (Å²) in [4.78, 5) is 13.5. The molecule has 0 aliphatic heterocycles. The zero-order valence-corrected chi connectivity index (χ0v) is 18.3. The average molecular weight is 415 g/mol. The number of hydrogen-bond acceptors (Lipinski definition) is 1. The van der Waals surface area contributed by atoms with E-state index in [-0.39, 0.29) is 10.9 Å². The lowest BCUT2D eigenvalue weighted by Gasteiger charge is -2.46. The molecule has 2 aromatic rings. The van der Waals surface area contributed by atoms with E-state index >= 15 is 0 Å². The number of anilines is 1. The van der Waals surface area contributed by atoms with E-state index in [0.29, 0.717) is 26.3 Å². The van der Waals surface area contributed by atoms with Gasteiger partial charge in [0.1, 0.15) is 0 Å². The summed E-state index contributed by atoms with van der Waals surface area (Å²) in [6, 6.07) is 12.3. The highest BCUT2D eigenvalue weighted by atomic mass is 35.5. The van der Waals surface area contributed by atoms with E-state index in [1.165, 1.54) is 0 Å². The van der Waals surface area contributed by atoms with Gasteiger partial charge in [0.25, 0.3) is 5.91 Å². The number of rotatable bonds is 3. The number of carbonyl (C=O) groups is 1. The molecule has 0 fully saturated rings. The maximum Gasteiger partial charge on any atom is 0.251 e. The molecular formula is C19H22Cl3NOSi. The molecule has 0 atom stereocenters. The molecule has 25 heavy (non-hydrogen) atoms. The Labute approximate surface area is 165 Å². The maximum atomic E-state index is 13.5. The molecule has 6 heteroatoms. The van der Waals surface area contributed by atoms with Crippen molar-refractivity contribution in [2.45, 2.75) is 38.9 Å². The van der Waals surface area contributed by atoms with Gasteiger partial charge in [-0.25, -0.2) is 0 Å². The van der Waals surface area contributed by atoms with Crippen LogP contribution in [0, 0.1) is 0 Å². The molecule has 0 radical (unpaired) electrons. The van der Waals surface area contributed by atoms with Crippen LogP contribution in [0.15, 0.2) is 42.5 Å². The molecule has 0 spiro atoms. The third kappa shape index (κ3) is 3.90. The third-order valence-corrected chi connectivity index (χ3v) is 11.0. The highest BCUT2D eigenvalue weighted by Gasteiger charge is 2.46. The van der Waals surface area contributed by atoms with E-state index in [0.717, 1.165) is 0 Å². The van der Waals surface area contributed by atoms with Crippen LogP contribution < -0.4 is 4.57 Å². The molecule has 0 N–H and O–H groups in total. The third-order valence-electron chi connectivity index (χ3n) is 4.86. The molecule has 0 aliphatic rings. The lowest BCUT2D eigenvalue weighted by atomic mass is 10.2. The van der Waals surface area contributed by atoms with Crippen molar-refractivity contribution >= 4 is 54.6 Å². The first-order valence-corrected chi connectivity index (χ1v) is 12.1. The summed E-state index contributed by atoms with van der Waals surface area (Å²) in [6.07, 6.45) is 0. The van der Waals surface area contributed by atoms with Gasteiger partial charge in [-0.1, -0.05) is 86.9 Å². The molecule has 0 aromatic heterocycles. The highest BCUT2D eigenvalue weighted by molar-refractivity contribution is 6.87. The van der Waals surface area contributed by atoms with Crippen molar-refractivity contribution in [1.29, 1.82) is 0 Å². The minimum absolute atomic E-state index is 0.105. The quantitative estimate of drug-likeness (QED) is 0.482. The van der Waals surface area contributed by atoms with Crippen LogP contribution in [0.4, 0.5) is 5.69 Å². The number of hydrogen-bond donors (Lipinski definition) is 0. The molecule has 0 heterocycles. The Hall–Kier alpha value is -1.00. The minimum atomic E-state index is -2.35. The molecule has 0 saturated heterocycles. The molecule has 0 unspecified atom stereocenters. The fourth-order valence-electron chi connectivity index (χ4n) is 2.43. The second-order valence-corrected chi connectivity index (χ2v) is 13.8. The number of nitrogens with zero attached hydrogens (tertiary/aromatic N) is 1. The van der Waals surface area contributed by atoms with Gasteiger partial charge >= 0.3 is 0 Å². The molecule has 1 amide bonds. The van der Waals surface area contributed by atoms with Crippen molar-refractivity contribution in [3.8, 4) is 0 Å². The van der Waals surface area contributed by atoms with Gasteiger partial charge < -0.3 is 4.57 Å². The van der Waals surface area contributed by atoms with Crippen LogP contribution in [-0.4, -0.2) is 14.1 Å². The number of para-hydroxylation sites is 1. The summed E-state index contributed by atoms with van der Waals surface area (Å²) in [6.45, 7) is 10.7. The SMILES string of the molecule is CC(C)(C)[Si](C)(C)N(C(=O)c1ccccc1Cl)c1c(Cl)cccc1Cl. The van der Waals surface area contributed by atoms with Gasteiger partial charge in [-0.2, -0.15) is 0 Å². The van der Waals surface area contributed by atoms with Crippen molar-refractivity contribution in [1.82, 2.24) is 0 Å². The van der Waals surface area contributed by atoms with Crippen LogP contribution in [0.25, 0.3) is 0 Å². The first-order valence-electron chi connectivity index (χ1n) is 8.01. The maximum absolute atomic E-state index is 13.5. The lowest BCUT2D eigenvalue weighted by molar-refractivity contribution is 0.100.